The Morgan fingerprint density at radius 3 is 2.85 bits per heavy atom. The van der Waals surface area contributed by atoms with Crippen LogP contribution in [0.5, 0.6) is 0 Å². The maximum absolute atomic E-state index is 12.4. The molecule has 1 aromatic carbocycles. The molecule has 1 fully saturated rings. The lowest BCUT2D eigenvalue weighted by Gasteiger charge is -2.34. The fourth-order valence-corrected chi connectivity index (χ4v) is 2.20. The molecule has 110 valence electrons. The molecule has 1 aliphatic heterocycles. The van der Waals surface area contributed by atoms with E-state index in [0.29, 0.717) is 19.6 Å². The minimum Gasteiger partial charge on any atom is -0.393 e. The van der Waals surface area contributed by atoms with E-state index in [1.54, 1.807) is 4.90 Å². The number of hydrogen-bond acceptors (Lipinski definition) is 5. The van der Waals surface area contributed by atoms with Gasteiger partial charge in [0.05, 0.1) is 10.5 Å². The van der Waals surface area contributed by atoms with Crippen LogP contribution < -0.4 is 11.1 Å². The number of nitrogens with two attached hydrogens (primary N) is 1. The fourth-order valence-electron chi connectivity index (χ4n) is 2.20. The first-order chi connectivity index (χ1) is 9.02. The van der Waals surface area contributed by atoms with Crippen molar-refractivity contribution in [3.05, 3.63) is 33.9 Å². The van der Waals surface area contributed by atoms with Crippen LogP contribution in [0, 0.1) is 10.1 Å². The molecule has 0 saturated carbocycles. The molecule has 1 saturated heterocycles. The van der Waals surface area contributed by atoms with E-state index in [9.17, 15) is 14.9 Å². The number of carbonyl (C=O) groups is 1. The first-order valence-electron chi connectivity index (χ1n) is 6.07. The second-order valence-corrected chi connectivity index (χ2v) is 4.55. The van der Waals surface area contributed by atoms with Crippen molar-refractivity contribution in [1.82, 2.24) is 10.2 Å². The van der Waals surface area contributed by atoms with Crippen molar-refractivity contribution < 1.29 is 9.72 Å². The van der Waals surface area contributed by atoms with Crippen LogP contribution >= 0.6 is 12.4 Å². The summed E-state index contributed by atoms with van der Waals surface area (Å²) in [6.07, 6.45) is 0. The molecule has 0 unspecified atom stereocenters. The Labute approximate surface area is 122 Å². The molecule has 1 amide bonds. The third kappa shape index (κ3) is 3.00. The predicted molar refractivity (Wildman–Crippen MR) is 78.1 cm³/mol. The summed E-state index contributed by atoms with van der Waals surface area (Å²) >= 11 is 0. The topological polar surface area (TPSA) is 102 Å². The smallest absolute Gasteiger partial charge is 0.292 e. The number of para-hydroxylation sites is 1. The van der Waals surface area contributed by atoms with Gasteiger partial charge in [-0.05, 0) is 13.0 Å². The molecule has 1 aromatic rings. The number of hydrogen-bond donors (Lipinski definition) is 2. The third-order valence-corrected chi connectivity index (χ3v) is 3.27. The Balaban J connectivity index is 0.00000200. The highest BCUT2D eigenvalue weighted by Crippen LogP contribution is 2.26. The van der Waals surface area contributed by atoms with Crippen LogP contribution in [0.3, 0.4) is 0 Å². The summed E-state index contributed by atoms with van der Waals surface area (Å²) in [7, 11) is 0. The molecule has 8 heteroatoms. The Bertz CT molecular complexity index is 523. The van der Waals surface area contributed by atoms with Gasteiger partial charge in [-0.2, -0.15) is 0 Å². The second kappa shape index (κ2) is 6.53. The van der Waals surface area contributed by atoms with Gasteiger partial charge in [-0.25, -0.2) is 0 Å². The molecule has 3 N–H and O–H groups in total. The van der Waals surface area contributed by atoms with E-state index in [0.717, 1.165) is 0 Å². The molecule has 1 atom stereocenters. The number of benzene rings is 1. The molecule has 0 radical (unpaired) electrons. The van der Waals surface area contributed by atoms with Crippen LogP contribution in [0.2, 0.25) is 0 Å². The number of nitro groups is 1. The van der Waals surface area contributed by atoms with Gasteiger partial charge in [-0.1, -0.05) is 6.07 Å². The molecule has 0 aliphatic carbocycles. The van der Waals surface area contributed by atoms with Crippen LogP contribution in [0.15, 0.2) is 18.2 Å². The summed E-state index contributed by atoms with van der Waals surface area (Å²) in [5.74, 6) is -0.254. The number of piperazine rings is 1. The summed E-state index contributed by atoms with van der Waals surface area (Å²) < 4.78 is 0. The number of rotatable bonds is 2. The average molecular weight is 301 g/mol. The van der Waals surface area contributed by atoms with Crippen molar-refractivity contribution in [2.45, 2.75) is 13.0 Å². The number of anilines is 1. The van der Waals surface area contributed by atoms with E-state index >= 15 is 0 Å². The highest BCUT2D eigenvalue weighted by atomic mass is 35.5. The molecule has 7 nitrogen and oxygen atoms in total. The number of carbonyl (C=O) groups excluding carboxylic acids is 1. The quantitative estimate of drug-likeness (QED) is 0.482. The largest absolute Gasteiger partial charge is 0.393 e. The van der Waals surface area contributed by atoms with Crippen molar-refractivity contribution in [3.8, 4) is 0 Å². The van der Waals surface area contributed by atoms with Gasteiger partial charge in [0, 0.05) is 31.7 Å². The second-order valence-electron chi connectivity index (χ2n) is 4.55. The van der Waals surface area contributed by atoms with E-state index in [-0.39, 0.29) is 41.3 Å². The van der Waals surface area contributed by atoms with Crippen molar-refractivity contribution in [2.24, 2.45) is 0 Å². The summed E-state index contributed by atoms with van der Waals surface area (Å²) in [6, 6.07) is 4.35. The minimum atomic E-state index is -0.576. The maximum Gasteiger partial charge on any atom is 0.292 e. The zero-order valence-electron chi connectivity index (χ0n) is 11.0. The van der Waals surface area contributed by atoms with Crippen LogP contribution in [-0.2, 0) is 0 Å². The molecule has 2 rings (SSSR count). The van der Waals surface area contributed by atoms with Crippen LogP contribution in [0.1, 0.15) is 17.3 Å². The van der Waals surface area contributed by atoms with E-state index in [4.69, 9.17) is 5.73 Å². The summed E-state index contributed by atoms with van der Waals surface area (Å²) in [6.45, 7) is 3.92. The summed E-state index contributed by atoms with van der Waals surface area (Å²) in [5, 5.41) is 14.0. The summed E-state index contributed by atoms with van der Waals surface area (Å²) in [5.41, 5.74) is 5.64. The molecule has 1 aliphatic rings. The molecular weight excluding hydrogens is 284 g/mol. The zero-order chi connectivity index (χ0) is 14.0. The van der Waals surface area contributed by atoms with Crippen molar-refractivity contribution in [3.63, 3.8) is 0 Å². The van der Waals surface area contributed by atoms with Gasteiger partial charge >= 0.3 is 0 Å². The van der Waals surface area contributed by atoms with Gasteiger partial charge in [-0.3, -0.25) is 14.9 Å². The van der Waals surface area contributed by atoms with E-state index < -0.39 is 4.92 Å². The standard InChI is InChI=1S/C12H16N4O3.ClH/c1-8-7-14-5-6-15(8)12(17)9-3-2-4-10(11(9)13)16(18)19;/h2-4,8,14H,5-7,13H2,1H3;1H/t8-;/m0./s1. The molecule has 20 heavy (non-hydrogen) atoms. The van der Waals surface area contributed by atoms with Crippen molar-refractivity contribution in [2.75, 3.05) is 25.4 Å². The van der Waals surface area contributed by atoms with Gasteiger partial charge in [0.1, 0.15) is 5.69 Å². The van der Waals surface area contributed by atoms with Gasteiger partial charge in [0.25, 0.3) is 11.6 Å². The van der Waals surface area contributed by atoms with Crippen molar-refractivity contribution in [1.29, 1.82) is 0 Å². The lowest BCUT2D eigenvalue weighted by Crippen LogP contribution is -2.52. The molecule has 0 bridgehead atoms. The lowest BCUT2D eigenvalue weighted by atomic mass is 10.1. The fraction of sp³-hybridized carbons (Fsp3) is 0.417. The lowest BCUT2D eigenvalue weighted by molar-refractivity contribution is -0.383. The Hall–Kier alpha value is -1.86. The number of nitrogen functional groups attached to an aromatic ring is 1. The summed E-state index contributed by atoms with van der Waals surface area (Å²) in [4.78, 5) is 24.3. The van der Waals surface area contributed by atoms with Gasteiger partial charge in [0.2, 0.25) is 0 Å². The monoisotopic (exact) mass is 300 g/mol. The highest BCUT2D eigenvalue weighted by molar-refractivity contribution is 6.01. The van der Waals surface area contributed by atoms with Gasteiger partial charge in [-0.15, -0.1) is 12.4 Å². The molecule has 0 aromatic heterocycles. The predicted octanol–water partition coefficient (Wildman–Crippen LogP) is 1.03. The van der Waals surface area contributed by atoms with E-state index in [1.807, 2.05) is 6.92 Å². The van der Waals surface area contributed by atoms with Gasteiger partial charge in [0.15, 0.2) is 0 Å². The first-order valence-corrected chi connectivity index (χ1v) is 6.07. The normalized spacial score (nSPS) is 18.2. The Morgan fingerprint density at radius 2 is 2.25 bits per heavy atom. The molecule has 0 spiro atoms. The third-order valence-electron chi connectivity index (χ3n) is 3.27. The van der Waals surface area contributed by atoms with Crippen LogP contribution in [0.4, 0.5) is 11.4 Å². The zero-order valence-corrected chi connectivity index (χ0v) is 11.9. The number of nitrogens with one attached hydrogen (secondary N) is 1. The van der Waals surface area contributed by atoms with Crippen molar-refractivity contribution >= 4 is 29.7 Å². The van der Waals surface area contributed by atoms with E-state index in [2.05, 4.69) is 5.32 Å². The first kappa shape index (κ1) is 16.2. The van der Waals surface area contributed by atoms with Crippen LogP contribution in [-0.4, -0.2) is 41.4 Å². The Morgan fingerprint density at radius 1 is 1.55 bits per heavy atom. The average Bonchev–Trinajstić information content (AvgIpc) is 2.38. The minimum absolute atomic E-state index is 0. The maximum atomic E-state index is 12.4. The Kier molecular flexibility index (Phi) is 5.29. The number of nitro benzene ring substituents is 1. The number of nitrogens with zero attached hydrogens (tertiary/aromatic N) is 2. The van der Waals surface area contributed by atoms with Gasteiger partial charge < -0.3 is 16.0 Å². The highest BCUT2D eigenvalue weighted by Gasteiger charge is 2.27. The molecule has 1 heterocycles. The molecular formula is C12H17ClN4O3. The SMILES string of the molecule is C[C@H]1CNCCN1C(=O)c1cccc([N+](=O)[O-])c1N.Cl. The number of halogens is 1. The van der Waals surface area contributed by atoms with E-state index in [1.165, 1.54) is 18.2 Å². The van der Waals surface area contributed by atoms with Crippen LogP contribution in [0.25, 0.3) is 0 Å². The number of amides is 1.